The number of nitrogens with one attached hydrogen (secondary N) is 1. The third kappa shape index (κ3) is 3.51. The summed E-state index contributed by atoms with van der Waals surface area (Å²) < 4.78 is 1.92. The highest BCUT2D eigenvalue weighted by Gasteiger charge is 2.07. The van der Waals surface area contributed by atoms with E-state index < -0.39 is 5.91 Å². The second kappa shape index (κ2) is 6.43. The average Bonchev–Trinajstić information content (AvgIpc) is 2.84. The maximum atomic E-state index is 11.1. The van der Waals surface area contributed by atoms with E-state index in [9.17, 15) is 4.79 Å². The number of nitrogens with two attached hydrogens (primary N) is 1. The van der Waals surface area contributed by atoms with Gasteiger partial charge in [-0.15, -0.1) is 0 Å². The van der Waals surface area contributed by atoms with Crippen LogP contribution in [0.1, 0.15) is 29.3 Å². The van der Waals surface area contributed by atoms with Gasteiger partial charge < -0.3 is 11.1 Å². The number of hydrogen-bond acceptors (Lipinski definition) is 3. The molecule has 0 atom stereocenters. The van der Waals surface area contributed by atoms with Gasteiger partial charge in [0, 0.05) is 30.5 Å². The van der Waals surface area contributed by atoms with E-state index >= 15 is 0 Å². The molecule has 1 heterocycles. The van der Waals surface area contributed by atoms with E-state index in [4.69, 9.17) is 17.3 Å². The Morgan fingerprint density at radius 3 is 2.95 bits per heavy atom. The molecular weight excluding hydrogens is 276 g/mol. The topological polar surface area (TPSA) is 72.9 Å². The molecule has 0 aliphatic heterocycles. The number of hydrogen-bond donors (Lipinski definition) is 2. The Hall–Kier alpha value is -2.01. The summed E-state index contributed by atoms with van der Waals surface area (Å²) in [6, 6.07) is 5.09. The first-order valence-corrected chi connectivity index (χ1v) is 6.82. The second-order valence-electron chi connectivity index (χ2n) is 4.52. The largest absolute Gasteiger partial charge is 0.381 e. The standard InChI is InChI=1S/C14H17ClN4O/c1-2-5-19-9-10(8-18-19)7-17-11-3-4-12(14(16)20)13(15)6-11/h3-4,6,8-9,17H,2,5,7H2,1H3,(H2,16,20). The van der Waals surface area contributed by atoms with Crippen LogP contribution >= 0.6 is 11.6 Å². The molecule has 0 bridgehead atoms. The van der Waals surface area contributed by atoms with Crippen LogP contribution in [-0.4, -0.2) is 15.7 Å². The first-order valence-electron chi connectivity index (χ1n) is 6.44. The molecule has 0 radical (unpaired) electrons. The molecule has 0 spiro atoms. The Kier molecular flexibility index (Phi) is 4.63. The summed E-state index contributed by atoms with van der Waals surface area (Å²) in [5.41, 5.74) is 7.46. The molecule has 2 aromatic rings. The Morgan fingerprint density at radius 1 is 1.50 bits per heavy atom. The molecule has 1 amide bonds. The Balaban J connectivity index is 1.99. The fourth-order valence-electron chi connectivity index (χ4n) is 1.88. The third-order valence-corrected chi connectivity index (χ3v) is 3.18. The Labute approximate surface area is 122 Å². The fraction of sp³-hybridized carbons (Fsp3) is 0.286. The van der Waals surface area contributed by atoms with Gasteiger partial charge in [0.25, 0.3) is 0 Å². The first-order chi connectivity index (χ1) is 9.60. The quantitative estimate of drug-likeness (QED) is 0.859. The maximum Gasteiger partial charge on any atom is 0.250 e. The van der Waals surface area contributed by atoms with Gasteiger partial charge in [-0.3, -0.25) is 9.48 Å². The van der Waals surface area contributed by atoms with E-state index in [-0.39, 0.29) is 0 Å². The van der Waals surface area contributed by atoms with Crippen LogP contribution in [0.3, 0.4) is 0 Å². The van der Waals surface area contributed by atoms with Gasteiger partial charge in [-0.2, -0.15) is 5.10 Å². The molecule has 0 saturated heterocycles. The molecule has 5 nitrogen and oxygen atoms in total. The van der Waals surface area contributed by atoms with Crippen LogP contribution in [0.2, 0.25) is 5.02 Å². The van der Waals surface area contributed by atoms with Crippen LogP contribution < -0.4 is 11.1 Å². The van der Waals surface area contributed by atoms with Crippen molar-refractivity contribution < 1.29 is 4.79 Å². The molecule has 106 valence electrons. The van der Waals surface area contributed by atoms with Gasteiger partial charge in [0.05, 0.1) is 16.8 Å². The smallest absolute Gasteiger partial charge is 0.250 e. The van der Waals surface area contributed by atoms with Crippen molar-refractivity contribution in [2.75, 3.05) is 5.32 Å². The van der Waals surface area contributed by atoms with Crippen LogP contribution in [-0.2, 0) is 13.1 Å². The number of amides is 1. The monoisotopic (exact) mass is 292 g/mol. The second-order valence-corrected chi connectivity index (χ2v) is 4.93. The van der Waals surface area contributed by atoms with Crippen LogP contribution in [0, 0.1) is 0 Å². The summed E-state index contributed by atoms with van der Waals surface area (Å²) in [6.07, 6.45) is 4.90. The molecule has 2 rings (SSSR count). The fourth-order valence-corrected chi connectivity index (χ4v) is 2.15. The zero-order valence-corrected chi connectivity index (χ0v) is 12.0. The summed E-state index contributed by atoms with van der Waals surface area (Å²) in [4.78, 5) is 11.1. The summed E-state index contributed by atoms with van der Waals surface area (Å²) in [6.45, 7) is 3.68. The number of nitrogens with zero attached hydrogens (tertiary/aromatic N) is 2. The van der Waals surface area contributed by atoms with Crippen LogP contribution in [0.25, 0.3) is 0 Å². The number of halogens is 1. The van der Waals surface area contributed by atoms with Gasteiger partial charge in [0.15, 0.2) is 0 Å². The van der Waals surface area contributed by atoms with Crippen molar-refractivity contribution >= 4 is 23.2 Å². The SMILES string of the molecule is CCCn1cc(CNc2ccc(C(N)=O)c(Cl)c2)cn1. The van der Waals surface area contributed by atoms with E-state index in [2.05, 4.69) is 17.3 Å². The first kappa shape index (κ1) is 14.4. The molecule has 0 fully saturated rings. The number of aryl methyl sites for hydroxylation is 1. The zero-order chi connectivity index (χ0) is 14.5. The van der Waals surface area contributed by atoms with Crippen molar-refractivity contribution in [1.82, 2.24) is 9.78 Å². The number of rotatable bonds is 6. The average molecular weight is 293 g/mol. The highest BCUT2D eigenvalue weighted by Crippen LogP contribution is 2.21. The van der Waals surface area contributed by atoms with E-state index in [0.717, 1.165) is 24.2 Å². The highest BCUT2D eigenvalue weighted by atomic mass is 35.5. The highest BCUT2D eigenvalue weighted by molar-refractivity contribution is 6.34. The van der Waals surface area contributed by atoms with Crippen molar-refractivity contribution in [3.8, 4) is 0 Å². The van der Waals surface area contributed by atoms with Crippen LogP contribution in [0.15, 0.2) is 30.6 Å². The molecule has 6 heteroatoms. The van der Waals surface area contributed by atoms with Crippen LogP contribution in [0.5, 0.6) is 0 Å². The lowest BCUT2D eigenvalue weighted by atomic mass is 10.2. The van der Waals surface area contributed by atoms with Gasteiger partial charge in [0.1, 0.15) is 0 Å². The van der Waals surface area contributed by atoms with E-state index in [1.54, 1.807) is 18.2 Å². The molecule has 3 N–H and O–H groups in total. The molecule has 1 aromatic carbocycles. The Morgan fingerprint density at radius 2 is 2.30 bits per heavy atom. The number of carbonyl (C=O) groups excluding carboxylic acids is 1. The van der Waals surface area contributed by atoms with Crippen molar-refractivity contribution in [1.29, 1.82) is 0 Å². The van der Waals surface area contributed by atoms with Crippen molar-refractivity contribution in [3.63, 3.8) is 0 Å². The minimum absolute atomic E-state index is 0.327. The molecule has 1 aromatic heterocycles. The summed E-state index contributed by atoms with van der Waals surface area (Å²) in [5, 5.41) is 7.85. The number of aromatic nitrogens is 2. The van der Waals surface area contributed by atoms with E-state index in [1.807, 2.05) is 17.1 Å². The molecular formula is C14H17ClN4O. The lowest BCUT2D eigenvalue weighted by Gasteiger charge is -2.07. The van der Waals surface area contributed by atoms with Gasteiger partial charge >= 0.3 is 0 Å². The molecule has 20 heavy (non-hydrogen) atoms. The maximum absolute atomic E-state index is 11.1. The number of benzene rings is 1. The predicted octanol–water partition coefficient (Wildman–Crippen LogP) is 2.66. The summed E-state index contributed by atoms with van der Waals surface area (Å²) in [7, 11) is 0. The molecule has 0 unspecified atom stereocenters. The molecule has 0 aliphatic carbocycles. The van der Waals surface area contributed by atoms with Gasteiger partial charge in [-0.25, -0.2) is 0 Å². The Bertz CT molecular complexity index is 609. The van der Waals surface area contributed by atoms with Gasteiger partial charge in [-0.1, -0.05) is 18.5 Å². The molecule has 0 saturated carbocycles. The van der Waals surface area contributed by atoms with Crippen molar-refractivity contribution in [3.05, 3.63) is 46.7 Å². The minimum atomic E-state index is -0.526. The van der Waals surface area contributed by atoms with Crippen molar-refractivity contribution in [2.45, 2.75) is 26.4 Å². The minimum Gasteiger partial charge on any atom is -0.381 e. The number of anilines is 1. The summed E-state index contributed by atoms with van der Waals surface area (Å²) >= 11 is 5.99. The third-order valence-electron chi connectivity index (χ3n) is 2.87. The van der Waals surface area contributed by atoms with Gasteiger partial charge in [-0.05, 0) is 24.6 Å². The molecule has 0 aliphatic rings. The number of carbonyl (C=O) groups is 1. The predicted molar refractivity (Wildman–Crippen MR) is 79.8 cm³/mol. The van der Waals surface area contributed by atoms with E-state index in [0.29, 0.717) is 17.1 Å². The normalized spacial score (nSPS) is 10.5. The van der Waals surface area contributed by atoms with Gasteiger partial charge in [0.2, 0.25) is 5.91 Å². The summed E-state index contributed by atoms with van der Waals surface area (Å²) in [5.74, 6) is -0.526. The van der Waals surface area contributed by atoms with Crippen molar-refractivity contribution in [2.24, 2.45) is 5.73 Å². The lowest BCUT2D eigenvalue weighted by Crippen LogP contribution is -2.11. The number of primary amides is 1. The zero-order valence-electron chi connectivity index (χ0n) is 11.3. The van der Waals surface area contributed by atoms with Crippen LogP contribution in [0.4, 0.5) is 5.69 Å². The lowest BCUT2D eigenvalue weighted by molar-refractivity contribution is 0.100. The van der Waals surface area contributed by atoms with E-state index in [1.165, 1.54) is 0 Å².